The molecule has 1 aliphatic carbocycles. The van der Waals surface area contributed by atoms with Gasteiger partial charge in [0.15, 0.2) is 5.96 Å². The molecule has 3 rings (SSSR count). The predicted octanol–water partition coefficient (Wildman–Crippen LogP) is 4.58. The Labute approximate surface area is 139 Å². The third-order valence-corrected chi connectivity index (χ3v) is 5.86. The molecular weight excluding hydrogens is 350 g/mol. The van der Waals surface area contributed by atoms with Crippen LogP contribution in [0.4, 0.5) is 5.69 Å². The minimum absolute atomic E-state index is 0.399. The summed E-state index contributed by atoms with van der Waals surface area (Å²) in [6.45, 7) is 0.816. The molecule has 0 amide bonds. The van der Waals surface area contributed by atoms with E-state index in [1.165, 1.54) is 38.5 Å². The molecule has 1 unspecified atom stereocenters. The van der Waals surface area contributed by atoms with Gasteiger partial charge in [-0.25, -0.2) is 0 Å². The van der Waals surface area contributed by atoms with Gasteiger partial charge in [0.25, 0.3) is 0 Å². The predicted molar refractivity (Wildman–Crippen MR) is 93.1 cm³/mol. The van der Waals surface area contributed by atoms with Crippen LogP contribution in [0.1, 0.15) is 38.5 Å². The Hall–Kier alpha value is -0.740. The van der Waals surface area contributed by atoms with Crippen molar-refractivity contribution in [3.63, 3.8) is 0 Å². The van der Waals surface area contributed by atoms with Gasteiger partial charge in [-0.2, -0.15) is 0 Å². The Kier molecular flexibility index (Phi) is 4.75. The number of hydrogen-bond acceptors (Lipinski definition) is 3. The van der Waals surface area contributed by atoms with E-state index in [-0.39, 0.29) is 0 Å². The molecular formula is C16H21BrClN3. The number of rotatable bonds is 2. The van der Waals surface area contributed by atoms with Gasteiger partial charge in [-0.3, -0.25) is 4.99 Å². The van der Waals surface area contributed by atoms with E-state index in [0.717, 1.165) is 21.7 Å². The monoisotopic (exact) mass is 369 g/mol. The van der Waals surface area contributed by atoms with Crippen LogP contribution in [-0.2, 0) is 0 Å². The zero-order chi connectivity index (χ0) is 14.8. The summed E-state index contributed by atoms with van der Waals surface area (Å²) in [5, 5.41) is 0.722. The molecule has 0 aromatic heterocycles. The summed E-state index contributed by atoms with van der Waals surface area (Å²) in [5.74, 6) is 1.32. The fourth-order valence-electron chi connectivity index (χ4n) is 3.53. The van der Waals surface area contributed by atoms with Crippen LogP contribution in [0.25, 0.3) is 0 Å². The van der Waals surface area contributed by atoms with Crippen molar-refractivity contribution >= 4 is 39.2 Å². The van der Waals surface area contributed by atoms with Gasteiger partial charge in [0.2, 0.25) is 0 Å². The highest BCUT2D eigenvalue weighted by atomic mass is 79.9. The summed E-state index contributed by atoms with van der Waals surface area (Å²) < 4.78 is 0.904. The number of nitrogens with zero attached hydrogens (tertiary/aromatic N) is 2. The summed E-state index contributed by atoms with van der Waals surface area (Å²) in [5.41, 5.74) is 7.25. The number of benzene rings is 1. The van der Waals surface area contributed by atoms with Crippen LogP contribution in [-0.4, -0.2) is 18.5 Å². The van der Waals surface area contributed by atoms with Gasteiger partial charge in [0, 0.05) is 10.2 Å². The fraction of sp³-hybridized carbons (Fsp3) is 0.562. The number of anilines is 1. The SMILES string of the molecule is NC1=NCC(C2CCCCCC2)N1c1ccc(Cl)c(Br)c1. The molecule has 0 radical (unpaired) electrons. The lowest BCUT2D eigenvalue weighted by Gasteiger charge is -2.32. The standard InChI is InChI=1S/C16H21BrClN3/c17-13-9-12(7-8-14(13)18)21-15(10-20-16(21)19)11-5-3-1-2-4-6-11/h7-9,11,15H,1-6,10H2,(H2,19,20). The van der Waals surface area contributed by atoms with Gasteiger partial charge >= 0.3 is 0 Å². The first-order valence-corrected chi connectivity index (χ1v) is 8.88. The van der Waals surface area contributed by atoms with Gasteiger partial charge in [0.1, 0.15) is 0 Å². The van der Waals surface area contributed by atoms with Gasteiger partial charge in [0.05, 0.1) is 17.6 Å². The summed E-state index contributed by atoms with van der Waals surface area (Å²) in [6.07, 6.45) is 7.98. The van der Waals surface area contributed by atoms with E-state index in [1.807, 2.05) is 18.2 Å². The largest absolute Gasteiger partial charge is 0.370 e. The molecule has 1 aromatic rings. The van der Waals surface area contributed by atoms with Crippen LogP contribution in [0.15, 0.2) is 27.7 Å². The fourth-order valence-corrected chi connectivity index (χ4v) is 4.01. The Morgan fingerprint density at radius 1 is 1.19 bits per heavy atom. The molecule has 0 bridgehead atoms. The number of aliphatic imine (C=N–C) groups is 1. The van der Waals surface area contributed by atoms with Crippen LogP contribution in [0.3, 0.4) is 0 Å². The second-order valence-electron chi connectivity index (χ2n) is 5.99. The minimum atomic E-state index is 0.399. The van der Waals surface area contributed by atoms with Gasteiger partial charge in [-0.15, -0.1) is 0 Å². The first kappa shape index (κ1) is 15.2. The third kappa shape index (κ3) is 3.21. The van der Waals surface area contributed by atoms with Crippen molar-refractivity contribution in [2.24, 2.45) is 16.6 Å². The Bertz CT molecular complexity index is 538. The van der Waals surface area contributed by atoms with E-state index in [2.05, 4.69) is 25.8 Å². The maximum absolute atomic E-state index is 6.16. The average molecular weight is 371 g/mol. The first-order chi connectivity index (χ1) is 10.2. The van der Waals surface area contributed by atoms with Crippen molar-refractivity contribution < 1.29 is 0 Å². The molecule has 3 nitrogen and oxygen atoms in total. The van der Waals surface area contributed by atoms with Crippen molar-refractivity contribution in [3.8, 4) is 0 Å². The summed E-state index contributed by atoms with van der Waals surface area (Å²) in [6, 6.07) is 6.39. The maximum Gasteiger partial charge on any atom is 0.196 e. The van der Waals surface area contributed by atoms with E-state index in [0.29, 0.717) is 17.9 Å². The number of guanidine groups is 1. The summed E-state index contributed by atoms with van der Waals surface area (Å²) in [4.78, 5) is 6.71. The third-order valence-electron chi connectivity index (χ3n) is 4.64. The number of hydrogen-bond donors (Lipinski definition) is 1. The summed E-state index contributed by atoms with van der Waals surface area (Å²) >= 11 is 9.61. The Morgan fingerprint density at radius 3 is 2.57 bits per heavy atom. The first-order valence-electron chi connectivity index (χ1n) is 7.71. The smallest absolute Gasteiger partial charge is 0.196 e. The lowest BCUT2D eigenvalue weighted by Crippen LogP contribution is -2.44. The van der Waals surface area contributed by atoms with Crippen LogP contribution in [0.2, 0.25) is 5.02 Å². The van der Waals surface area contributed by atoms with Crippen molar-refractivity contribution in [1.29, 1.82) is 0 Å². The van der Waals surface area contributed by atoms with Gasteiger partial charge in [-0.05, 0) is 52.9 Å². The van der Waals surface area contributed by atoms with Crippen LogP contribution >= 0.6 is 27.5 Å². The molecule has 1 saturated carbocycles. The molecule has 1 aliphatic heterocycles. The van der Waals surface area contributed by atoms with Crippen LogP contribution < -0.4 is 10.6 Å². The quantitative estimate of drug-likeness (QED) is 0.774. The highest BCUT2D eigenvalue weighted by molar-refractivity contribution is 9.10. The molecule has 2 N–H and O–H groups in total. The Balaban J connectivity index is 1.86. The molecule has 0 saturated heterocycles. The molecule has 0 spiro atoms. The maximum atomic E-state index is 6.16. The van der Waals surface area contributed by atoms with Crippen LogP contribution in [0.5, 0.6) is 0 Å². The Morgan fingerprint density at radius 2 is 1.90 bits per heavy atom. The van der Waals surface area contributed by atoms with E-state index in [4.69, 9.17) is 17.3 Å². The van der Waals surface area contributed by atoms with Crippen molar-refractivity contribution in [2.75, 3.05) is 11.4 Å². The normalized spacial score (nSPS) is 24.0. The lowest BCUT2D eigenvalue weighted by atomic mass is 9.91. The van der Waals surface area contributed by atoms with E-state index < -0.39 is 0 Å². The second-order valence-corrected chi connectivity index (χ2v) is 7.25. The van der Waals surface area contributed by atoms with E-state index in [1.54, 1.807) is 0 Å². The molecule has 2 aliphatic rings. The molecule has 5 heteroatoms. The minimum Gasteiger partial charge on any atom is -0.370 e. The zero-order valence-corrected chi connectivity index (χ0v) is 14.4. The molecule has 21 heavy (non-hydrogen) atoms. The zero-order valence-electron chi connectivity index (χ0n) is 12.1. The lowest BCUT2D eigenvalue weighted by molar-refractivity contribution is 0.389. The highest BCUT2D eigenvalue weighted by Gasteiger charge is 2.34. The molecule has 114 valence electrons. The molecule has 1 atom stereocenters. The molecule has 1 aromatic carbocycles. The molecule has 1 fully saturated rings. The number of halogens is 2. The number of nitrogens with two attached hydrogens (primary N) is 1. The molecule has 1 heterocycles. The van der Waals surface area contributed by atoms with Gasteiger partial charge in [-0.1, -0.05) is 37.3 Å². The van der Waals surface area contributed by atoms with E-state index in [9.17, 15) is 0 Å². The topological polar surface area (TPSA) is 41.6 Å². The van der Waals surface area contributed by atoms with Crippen molar-refractivity contribution in [3.05, 3.63) is 27.7 Å². The second kappa shape index (κ2) is 6.57. The van der Waals surface area contributed by atoms with E-state index >= 15 is 0 Å². The average Bonchev–Trinajstić information content (AvgIpc) is 2.69. The summed E-state index contributed by atoms with van der Waals surface area (Å²) in [7, 11) is 0. The van der Waals surface area contributed by atoms with Crippen molar-refractivity contribution in [2.45, 2.75) is 44.6 Å². The van der Waals surface area contributed by atoms with Gasteiger partial charge < -0.3 is 10.6 Å². The van der Waals surface area contributed by atoms with Crippen LogP contribution in [0, 0.1) is 5.92 Å². The van der Waals surface area contributed by atoms with Crippen molar-refractivity contribution in [1.82, 2.24) is 0 Å². The highest BCUT2D eigenvalue weighted by Crippen LogP contribution is 2.35.